The minimum absolute atomic E-state index is 0.380. The molecule has 0 saturated carbocycles. The first-order chi connectivity index (χ1) is 26.4. The van der Waals surface area contributed by atoms with Crippen molar-refractivity contribution in [1.82, 2.24) is 0 Å². The molecule has 0 heterocycles. The van der Waals surface area contributed by atoms with Crippen molar-refractivity contribution in [2.45, 2.75) is 269 Å². The fourth-order valence-corrected chi connectivity index (χ4v) is 7.83. The van der Waals surface area contributed by atoms with E-state index >= 15 is 0 Å². The third-order valence-corrected chi connectivity index (χ3v) is 12.5. The third-order valence-electron chi connectivity index (χ3n) is 12.5. The van der Waals surface area contributed by atoms with E-state index in [1.54, 1.807) is 26.8 Å². The molecule has 0 aliphatic carbocycles. The maximum Gasteiger partial charge on any atom is 0.0877 e. The van der Waals surface area contributed by atoms with E-state index in [2.05, 4.69) is 52.5 Å². The lowest BCUT2D eigenvalue weighted by atomic mass is 9.83. The fraction of sp³-hybridized carbons (Fsp3) is 0.840. The Balaban J connectivity index is 4.48. The second kappa shape index (κ2) is 26.2. The molecule has 0 fully saturated rings. The summed E-state index contributed by atoms with van der Waals surface area (Å²) in [6, 6.07) is 0. The first-order valence-corrected chi connectivity index (χ1v) is 22.8. The number of aliphatic hydroxyl groups is 8. The van der Waals surface area contributed by atoms with Crippen LogP contribution in [-0.2, 0) is 0 Å². The summed E-state index contributed by atoms with van der Waals surface area (Å²) in [4.78, 5) is 0. The predicted octanol–water partition coefficient (Wildman–Crippen LogP) is 10.6. The molecule has 0 aliphatic rings. The van der Waals surface area contributed by atoms with Crippen molar-refractivity contribution in [1.29, 1.82) is 0 Å². The molecule has 8 atom stereocenters. The van der Waals surface area contributed by atoms with Crippen LogP contribution in [0.25, 0.3) is 0 Å². The minimum Gasteiger partial charge on any atom is -0.390 e. The van der Waals surface area contributed by atoms with Crippen LogP contribution in [0.2, 0.25) is 0 Å². The van der Waals surface area contributed by atoms with Crippen LogP contribution in [0.3, 0.4) is 0 Å². The van der Waals surface area contributed by atoms with Crippen molar-refractivity contribution < 1.29 is 40.9 Å². The molecule has 8 N–H and O–H groups in total. The summed E-state index contributed by atoms with van der Waals surface area (Å²) in [5.74, 6) is 0. The molecule has 0 radical (unpaired) electrons. The van der Waals surface area contributed by atoms with E-state index in [0.717, 1.165) is 32.1 Å². The van der Waals surface area contributed by atoms with Crippen molar-refractivity contribution in [3.63, 3.8) is 0 Å². The fourth-order valence-electron chi connectivity index (χ4n) is 7.83. The molecule has 0 unspecified atom stereocenters. The van der Waals surface area contributed by atoms with E-state index in [4.69, 9.17) is 0 Å². The highest BCUT2D eigenvalue weighted by molar-refractivity contribution is 5.05. The maximum atomic E-state index is 11.1. The molecule has 342 valence electrons. The van der Waals surface area contributed by atoms with E-state index in [-0.39, 0.29) is 0 Å². The van der Waals surface area contributed by atoms with Gasteiger partial charge in [0, 0.05) is 0 Å². The average Bonchev–Trinajstić information content (AvgIpc) is 3.05. The van der Waals surface area contributed by atoms with Crippen LogP contribution in [-0.4, -0.2) is 86.2 Å². The van der Waals surface area contributed by atoms with Crippen LogP contribution in [0.4, 0.5) is 0 Å². The Morgan fingerprint density at radius 3 is 1.16 bits per heavy atom. The molecular weight excluding hydrogens is 729 g/mol. The van der Waals surface area contributed by atoms with Gasteiger partial charge in [0.25, 0.3) is 0 Å². The van der Waals surface area contributed by atoms with Crippen molar-refractivity contribution in [2.75, 3.05) is 0 Å². The van der Waals surface area contributed by atoms with Crippen LogP contribution in [0.1, 0.15) is 224 Å². The van der Waals surface area contributed by atoms with E-state index in [1.165, 1.54) is 16.7 Å². The summed E-state index contributed by atoms with van der Waals surface area (Å²) in [7, 11) is 0. The molecule has 0 aliphatic heterocycles. The maximum absolute atomic E-state index is 11.1. The van der Waals surface area contributed by atoms with E-state index in [0.29, 0.717) is 116 Å². The first-order valence-electron chi connectivity index (χ1n) is 22.8. The number of hydrogen-bond acceptors (Lipinski definition) is 8. The van der Waals surface area contributed by atoms with Gasteiger partial charge in [0.15, 0.2) is 0 Å². The molecule has 0 spiro atoms. The smallest absolute Gasteiger partial charge is 0.0877 e. The topological polar surface area (TPSA) is 162 Å². The Labute approximate surface area is 356 Å². The zero-order valence-electron chi connectivity index (χ0n) is 39.4. The van der Waals surface area contributed by atoms with Gasteiger partial charge >= 0.3 is 0 Å². The zero-order chi connectivity index (χ0) is 44.9. The predicted molar refractivity (Wildman–Crippen MR) is 244 cm³/mol. The lowest BCUT2D eigenvalue weighted by Gasteiger charge is -2.32. The van der Waals surface area contributed by atoms with Gasteiger partial charge in [-0.15, -0.1) is 6.58 Å². The number of hydrogen-bond donors (Lipinski definition) is 8. The molecule has 0 saturated heterocycles. The number of allylic oxidation sites excluding steroid dienone is 6. The van der Waals surface area contributed by atoms with Gasteiger partial charge in [0.05, 0.1) is 45.3 Å². The Hall–Kier alpha value is -1.36. The molecule has 0 aromatic carbocycles. The van der Waals surface area contributed by atoms with Crippen LogP contribution in [0.15, 0.2) is 47.6 Å². The van der Waals surface area contributed by atoms with Gasteiger partial charge in [-0.05, 0) is 224 Å². The zero-order valence-corrected chi connectivity index (χ0v) is 39.4. The van der Waals surface area contributed by atoms with Crippen molar-refractivity contribution in [3.05, 3.63) is 47.6 Å². The highest BCUT2D eigenvalue weighted by Gasteiger charge is 2.32. The normalized spacial score (nSPS) is 20.7. The van der Waals surface area contributed by atoms with Crippen molar-refractivity contribution in [3.8, 4) is 0 Å². The van der Waals surface area contributed by atoms with Crippen LogP contribution in [0.5, 0.6) is 0 Å². The van der Waals surface area contributed by atoms with Crippen LogP contribution < -0.4 is 0 Å². The highest BCUT2D eigenvalue weighted by Crippen LogP contribution is 2.32. The van der Waals surface area contributed by atoms with Gasteiger partial charge in [-0.3, -0.25) is 0 Å². The number of aliphatic hydroxyl groups excluding tert-OH is 1. The molecule has 0 amide bonds. The van der Waals surface area contributed by atoms with Gasteiger partial charge in [0.1, 0.15) is 0 Å². The molecule has 8 heteroatoms. The molecule has 0 aromatic heterocycles. The Bertz CT molecular complexity index is 1230. The van der Waals surface area contributed by atoms with Gasteiger partial charge in [-0.2, -0.15) is 0 Å². The molecule has 8 nitrogen and oxygen atoms in total. The Kier molecular flexibility index (Phi) is 25.6. The largest absolute Gasteiger partial charge is 0.390 e. The second-order valence-corrected chi connectivity index (χ2v) is 20.7. The SMILES string of the molecule is C=C[C@@](C)(O)CC/C=C(\C)CC/C=C(\C)CC[C@@H](O)[C@](C)(O)CCC[C@](C)(O)CCC[C@](C)(O)CCC[C@](C)(O)CCC[C@](C)(O)CCC[C@](C)(O)CCC=C(C)C. The van der Waals surface area contributed by atoms with Gasteiger partial charge in [-0.25, -0.2) is 0 Å². The van der Waals surface area contributed by atoms with E-state index in [1.807, 2.05) is 27.7 Å². The average molecular weight is 823 g/mol. The summed E-state index contributed by atoms with van der Waals surface area (Å²) in [5.41, 5.74) is -2.70. The number of rotatable bonds is 34. The van der Waals surface area contributed by atoms with Crippen LogP contribution >= 0.6 is 0 Å². The van der Waals surface area contributed by atoms with Gasteiger partial charge in [0.2, 0.25) is 0 Å². The monoisotopic (exact) mass is 823 g/mol. The van der Waals surface area contributed by atoms with Gasteiger partial charge < -0.3 is 40.9 Å². The summed E-state index contributed by atoms with van der Waals surface area (Å²) in [6.45, 7) is 24.6. The summed E-state index contributed by atoms with van der Waals surface area (Å²) < 4.78 is 0. The standard InChI is InChI=1S/C50H94O8/c1-13-44(6,52)28-16-25-41(4)23-14-24-42(5)26-27-43(51)50(12,58)39-21-38-49(11,57)37-20-36-48(10,56)35-19-34-47(9,55)33-18-32-46(8,54)31-17-30-45(7,53)29-15-22-40(2)3/h13,22,24-25,43,51-58H,1,14-21,23,26-39H2,2-12H3/b41-25+,42-24+/t43-,44-,45-,46-,47-,48-,49-,50-/m1/s1. The first kappa shape index (κ1) is 56.6. The summed E-state index contributed by atoms with van der Waals surface area (Å²) >= 11 is 0. The molecule has 0 rings (SSSR count). The van der Waals surface area contributed by atoms with E-state index < -0.39 is 45.3 Å². The third kappa shape index (κ3) is 29.8. The van der Waals surface area contributed by atoms with Crippen molar-refractivity contribution >= 4 is 0 Å². The van der Waals surface area contributed by atoms with E-state index in [9.17, 15) is 40.9 Å². The van der Waals surface area contributed by atoms with Crippen molar-refractivity contribution in [2.24, 2.45) is 0 Å². The Morgan fingerprint density at radius 2 is 0.776 bits per heavy atom. The molecule has 0 aromatic rings. The quantitative estimate of drug-likeness (QED) is 0.0298. The summed E-state index contributed by atoms with van der Waals surface area (Å²) in [5, 5.41) is 86.7. The van der Waals surface area contributed by atoms with Gasteiger partial charge in [-0.1, -0.05) is 41.0 Å². The molecule has 58 heavy (non-hydrogen) atoms. The highest BCUT2D eigenvalue weighted by atomic mass is 16.3. The lowest BCUT2D eigenvalue weighted by Crippen LogP contribution is -2.39. The Morgan fingerprint density at radius 1 is 0.448 bits per heavy atom. The lowest BCUT2D eigenvalue weighted by molar-refractivity contribution is -0.0746. The molecule has 0 bridgehead atoms. The second-order valence-electron chi connectivity index (χ2n) is 20.7. The van der Waals surface area contributed by atoms with Crippen LogP contribution in [0, 0.1) is 0 Å². The summed E-state index contributed by atoms with van der Waals surface area (Å²) in [6.07, 6.45) is 22.0. The molecular formula is C50H94O8. The minimum atomic E-state index is -1.25.